The third kappa shape index (κ3) is 5.48. The van der Waals surface area contributed by atoms with Crippen LogP contribution in [-0.4, -0.2) is 32.3 Å². The second-order valence-corrected chi connectivity index (χ2v) is 6.54. The van der Waals surface area contributed by atoms with Gasteiger partial charge in [-0.3, -0.25) is 4.79 Å². The van der Waals surface area contributed by atoms with Crippen molar-refractivity contribution < 1.29 is 23.8 Å². The molecule has 31 heavy (non-hydrogen) atoms. The first kappa shape index (κ1) is 21.6. The minimum atomic E-state index is -0.520. The molecule has 0 aliphatic heterocycles. The molecule has 0 fully saturated rings. The summed E-state index contributed by atoms with van der Waals surface area (Å²) in [6, 6.07) is 18.8. The van der Waals surface area contributed by atoms with Gasteiger partial charge in [-0.05, 0) is 66.6 Å². The van der Waals surface area contributed by atoms with Crippen LogP contribution < -0.4 is 19.6 Å². The molecule has 7 nitrogen and oxygen atoms in total. The number of methoxy groups -OCH3 is 2. The Morgan fingerprint density at radius 1 is 0.903 bits per heavy atom. The number of hydrogen-bond acceptors (Lipinski definition) is 6. The summed E-state index contributed by atoms with van der Waals surface area (Å²) >= 11 is 0. The van der Waals surface area contributed by atoms with Gasteiger partial charge in [-0.15, -0.1) is 0 Å². The smallest absolute Gasteiger partial charge is 0.343 e. The van der Waals surface area contributed by atoms with E-state index in [4.69, 9.17) is 14.2 Å². The molecule has 3 aromatic rings. The Hall–Kier alpha value is -4.13. The fourth-order valence-corrected chi connectivity index (χ4v) is 2.79. The molecule has 0 aliphatic carbocycles. The minimum Gasteiger partial charge on any atom is -0.497 e. The van der Waals surface area contributed by atoms with Gasteiger partial charge in [0, 0.05) is 5.56 Å². The average molecular weight is 418 g/mol. The average Bonchev–Trinajstić information content (AvgIpc) is 2.80. The normalized spacial score (nSPS) is 10.5. The predicted molar refractivity (Wildman–Crippen MR) is 117 cm³/mol. The molecule has 0 bridgehead atoms. The molecular weight excluding hydrogens is 396 g/mol. The first-order valence-electron chi connectivity index (χ1n) is 9.45. The van der Waals surface area contributed by atoms with Crippen molar-refractivity contribution in [2.75, 3.05) is 14.2 Å². The van der Waals surface area contributed by atoms with Crippen molar-refractivity contribution in [3.8, 4) is 17.2 Å². The highest BCUT2D eigenvalue weighted by molar-refractivity contribution is 5.96. The van der Waals surface area contributed by atoms with Crippen LogP contribution in [0.4, 0.5) is 0 Å². The summed E-state index contributed by atoms with van der Waals surface area (Å²) in [4.78, 5) is 24.6. The molecule has 0 radical (unpaired) electrons. The lowest BCUT2D eigenvalue weighted by molar-refractivity contribution is 0.0729. The lowest BCUT2D eigenvalue weighted by atomic mass is 10.1. The van der Waals surface area contributed by atoms with E-state index in [9.17, 15) is 9.59 Å². The highest BCUT2D eigenvalue weighted by Gasteiger charge is 2.13. The number of hydrazone groups is 1. The first-order chi connectivity index (χ1) is 15.0. The number of nitrogens with zero attached hydrogens (tertiary/aromatic N) is 1. The Labute approximate surface area is 180 Å². The highest BCUT2D eigenvalue weighted by Crippen LogP contribution is 2.28. The fourth-order valence-electron chi connectivity index (χ4n) is 2.79. The van der Waals surface area contributed by atoms with E-state index in [0.29, 0.717) is 28.2 Å². The van der Waals surface area contributed by atoms with E-state index in [2.05, 4.69) is 10.5 Å². The molecule has 0 saturated heterocycles. The van der Waals surface area contributed by atoms with E-state index >= 15 is 0 Å². The summed E-state index contributed by atoms with van der Waals surface area (Å²) in [7, 11) is 3.03. The first-order valence-corrected chi connectivity index (χ1v) is 9.45. The molecule has 0 saturated carbocycles. The quantitative estimate of drug-likeness (QED) is 0.271. The van der Waals surface area contributed by atoms with Gasteiger partial charge in [0.25, 0.3) is 5.91 Å². The highest BCUT2D eigenvalue weighted by atomic mass is 16.6. The molecule has 0 aromatic heterocycles. The maximum absolute atomic E-state index is 12.4. The molecule has 0 spiro atoms. The van der Waals surface area contributed by atoms with Gasteiger partial charge in [-0.2, -0.15) is 5.10 Å². The zero-order chi connectivity index (χ0) is 22.2. The maximum atomic E-state index is 12.4. The molecule has 3 rings (SSSR count). The number of rotatable bonds is 7. The predicted octanol–water partition coefficient (Wildman–Crippen LogP) is 4.00. The van der Waals surface area contributed by atoms with Crippen LogP contribution in [-0.2, 0) is 0 Å². The number of benzene rings is 3. The van der Waals surface area contributed by atoms with Crippen molar-refractivity contribution in [1.82, 2.24) is 5.43 Å². The lowest BCUT2D eigenvalue weighted by Gasteiger charge is -2.10. The summed E-state index contributed by atoms with van der Waals surface area (Å²) in [5, 5.41) is 3.99. The summed E-state index contributed by atoms with van der Waals surface area (Å²) in [5.74, 6) is 0.451. The Morgan fingerprint density at radius 2 is 1.65 bits per heavy atom. The number of aryl methyl sites for hydroxylation is 1. The largest absolute Gasteiger partial charge is 0.497 e. The lowest BCUT2D eigenvalue weighted by Crippen LogP contribution is -2.18. The van der Waals surface area contributed by atoms with Crippen LogP contribution >= 0.6 is 0 Å². The van der Waals surface area contributed by atoms with Crippen LogP contribution in [0, 0.1) is 6.92 Å². The summed E-state index contributed by atoms with van der Waals surface area (Å²) in [5.41, 5.74) is 4.95. The van der Waals surface area contributed by atoms with Crippen LogP contribution in [0.25, 0.3) is 0 Å². The molecule has 0 atom stereocenters. The summed E-state index contributed by atoms with van der Waals surface area (Å²) < 4.78 is 15.9. The van der Waals surface area contributed by atoms with Crippen molar-refractivity contribution in [3.63, 3.8) is 0 Å². The minimum absolute atomic E-state index is 0.268. The molecule has 1 amide bonds. The monoisotopic (exact) mass is 418 g/mol. The summed E-state index contributed by atoms with van der Waals surface area (Å²) in [6.07, 6.45) is 1.48. The van der Waals surface area contributed by atoms with Gasteiger partial charge in [0.2, 0.25) is 0 Å². The van der Waals surface area contributed by atoms with Gasteiger partial charge in [0.1, 0.15) is 5.75 Å². The van der Waals surface area contributed by atoms with Crippen LogP contribution in [0.2, 0.25) is 0 Å². The number of nitrogens with one attached hydrogen (secondary N) is 1. The van der Waals surface area contributed by atoms with Crippen LogP contribution in [0.5, 0.6) is 17.2 Å². The zero-order valence-corrected chi connectivity index (χ0v) is 17.4. The Morgan fingerprint density at radius 3 is 2.32 bits per heavy atom. The van der Waals surface area contributed by atoms with Crippen LogP contribution in [0.15, 0.2) is 71.8 Å². The topological polar surface area (TPSA) is 86.2 Å². The molecule has 158 valence electrons. The number of amides is 1. The van der Waals surface area contributed by atoms with Gasteiger partial charge in [-0.25, -0.2) is 10.2 Å². The van der Waals surface area contributed by atoms with Crippen LogP contribution in [0.3, 0.4) is 0 Å². The zero-order valence-electron chi connectivity index (χ0n) is 17.4. The van der Waals surface area contributed by atoms with Crippen molar-refractivity contribution in [2.45, 2.75) is 6.92 Å². The number of ether oxygens (including phenoxy) is 3. The second kappa shape index (κ2) is 10.1. The van der Waals surface area contributed by atoms with Gasteiger partial charge in [-0.1, -0.05) is 18.2 Å². The fraction of sp³-hybridized carbons (Fsp3) is 0.125. The second-order valence-electron chi connectivity index (χ2n) is 6.54. The SMILES string of the molecule is COc1ccc(C(=O)Oc2ccc(/C=N\NC(=O)c3ccccc3C)cc2OC)cc1. The van der Waals surface area contributed by atoms with Crippen molar-refractivity contribution in [3.05, 3.63) is 89.0 Å². The number of carbonyl (C=O) groups excluding carboxylic acids is 2. The molecule has 1 N–H and O–H groups in total. The molecule has 0 heterocycles. The standard InChI is InChI=1S/C24H22N2O5/c1-16-6-4-5-7-20(16)23(27)26-25-15-17-8-13-21(22(14-17)30-3)31-24(28)18-9-11-19(29-2)12-10-18/h4-15H,1-3H3,(H,26,27)/b25-15-. The molecule has 0 unspecified atom stereocenters. The van der Waals surface area contributed by atoms with Gasteiger partial charge in [0.05, 0.1) is 26.0 Å². The van der Waals surface area contributed by atoms with Crippen LogP contribution in [0.1, 0.15) is 31.8 Å². The van der Waals surface area contributed by atoms with E-state index in [0.717, 1.165) is 5.56 Å². The van der Waals surface area contributed by atoms with E-state index < -0.39 is 5.97 Å². The Kier molecular flexibility index (Phi) is 7.01. The van der Waals surface area contributed by atoms with Crippen molar-refractivity contribution in [1.29, 1.82) is 0 Å². The van der Waals surface area contributed by atoms with Crippen molar-refractivity contribution >= 4 is 18.1 Å². The van der Waals surface area contributed by atoms with Gasteiger partial charge >= 0.3 is 5.97 Å². The molecule has 3 aromatic carbocycles. The number of carbonyl (C=O) groups is 2. The van der Waals surface area contributed by atoms with E-state index in [1.807, 2.05) is 19.1 Å². The third-order valence-electron chi connectivity index (χ3n) is 4.49. The Bertz CT molecular complexity index is 1110. The van der Waals surface area contributed by atoms with Gasteiger partial charge in [0.15, 0.2) is 11.5 Å². The third-order valence-corrected chi connectivity index (χ3v) is 4.49. The number of hydrogen-bond donors (Lipinski definition) is 1. The molecule has 7 heteroatoms. The maximum Gasteiger partial charge on any atom is 0.343 e. The van der Waals surface area contributed by atoms with E-state index in [1.54, 1.807) is 61.7 Å². The number of esters is 1. The van der Waals surface area contributed by atoms with Gasteiger partial charge < -0.3 is 14.2 Å². The summed E-state index contributed by atoms with van der Waals surface area (Å²) in [6.45, 7) is 1.86. The van der Waals surface area contributed by atoms with E-state index in [1.165, 1.54) is 13.3 Å². The Balaban J connectivity index is 1.67. The molecular formula is C24H22N2O5. The molecule has 0 aliphatic rings. The van der Waals surface area contributed by atoms with Crippen molar-refractivity contribution in [2.24, 2.45) is 5.10 Å². The van der Waals surface area contributed by atoms with E-state index in [-0.39, 0.29) is 11.7 Å².